The predicted octanol–water partition coefficient (Wildman–Crippen LogP) is 3.38. The van der Waals surface area contributed by atoms with E-state index >= 15 is 0 Å². The Bertz CT molecular complexity index is 637. The number of rotatable bonds is 6. The van der Waals surface area contributed by atoms with E-state index in [1.54, 1.807) is 18.3 Å². The lowest BCUT2D eigenvalue weighted by atomic mass is 10.1. The fourth-order valence-corrected chi connectivity index (χ4v) is 2.88. The summed E-state index contributed by atoms with van der Waals surface area (Å²) in [6, 6.07) is 13.7. The van der Waals surface area contributed by atoms with Gasteiger partial charge < -0.3 is 10.1 Å². The van der Waals surface area contributed by atoms with E-state index in [-0.39, 0.29) is 12.0 Å². The van der Waals surface area contributed by atoms with Gasteiger partial charge in [0.15, 0.2) is 0 Å². The Morgan fingerprint density at radius 3 is 2.70 bits per heavy atom. The smallest absolute Gasteiger partial charge is 0.256 e. The Morgan fingerprint density at radius 1 is 1.13 bits per heavy atom. The number of aromatic nitrogens is 1. The molecule has 1 N–H and O–H groups in total. The van der Waals surface area contributed by atoms with Gasteiger partial charge in [0.1, 0.15) is 11.7 Å². The van der Waals surface area contributed by atoms with Crippen LogP contribution in [0, 0.1) is 0 Å². The van der Waals surface area contributed by atoms with Crippen LogP contribution in [0.1, 0.15) is 41.6 Å². The van der Waals surface area contributed by atoms with Crippen molar-refractivity contribution in [3.05, 3.63) is 59.8 Å². The Balaban J connectivity index is 1.58. The first-order chi connectivity index (χ1) is 11.3. The van der Waals surface area contributed by atoms with Crippen LogP contribution in [0.3, 0.4) is 0 Å². The molecule has 1 aromatic heterocycles. The van der Waals surface area contributed by atoms with Crippen molar-refractivity contribution in [3.8, 4) is 5.88 Å². The lowest BCUT2D eigenvalue weighted by molar-refractivity contribution is 0.0945. The van der Waals surface area contributed by atoms with Crippen LogP contribution in [0.5, 0.6) is 5.88 Å². The molecule has 0 unspecified atom stereocenters. The number of benzene rings is 1. The molecule has 0 aliphatic heterocycles. The molecule has 1 amide bonds. The maximum atomic E-state index is 12.4. The molecule has 4 nitrogen and oxygen atoms in total. The van der Waals surface area contributed by atoms with Crippen LogP contribution in [0.15, 0.2) is 48.7 Å². The van der Waals surface area contributed by atoms with Crippen molar-refractivity contribution in [3.63, 3.8) is 0 Å². The van der Waals surface area contributed by atoms with Crippen molar-refractivity contribution in [2.24, 2.45) is 0 Å². The molecule has 4 heteroatoms. The standard InChI is InChI=1S/C19H22N2O2/c22-18(20-14-12-15-7-2-1-3-8-15)17-11-6-13-21-19(17)23-16-9-4-5-10-16/h1-3,6-8,11,13,16H,4-5,9-10,12,14H2,(H,20,22). The van der Waals surface area contributed by atoms with Gasteiger partial charge in [0.25, 0.3) is 5.91 Å². The number of amides is 1. The van der Waals surface area contributed by atoms with Crippen LogP contribution in [-0.2, 0) is 6.42 Å². The molecule has 3 rings (SSSR count). The van der Waals surface area contributed by atoms with Crippen molar-refractivity contribution in [2.75, 3.05) is 6.54 Å². The van der Waals surface area contributed by atoms with Gasteiger partial charge in [-0.1, -0.05) is 30.3 Å². The first kappa shape index (κ1) is 15.5. The first-order valence-electron chi connectivity index (χ1n) is 8.27. The molecule has 120 valence electrons. The van der Waals surface area contributed by atoms with E-state index < -0.39 is 0 Å². The van der Waals surface area contributed by atoms with Crippen LogP contribution in [0.25, 0.3) is 0 Å². The molecule has 1 aliphatic carbocycles. The molecule has 1 heterocycles. The van der Waals surface area contributed by atoms with Crippen molar-refractivity contribution >= 4 is 5.91 Å². The molecule has 1 saturated carbocycles. The summed E-state index contributed by atoms with van der Waals surface area (Å²) in [5, 5.41) is 2.95. The minimum absolute atomic E-state index is 0.123. The molecule has 0 spiro atoms. The van der Waals surface area contributed by atoms with Crippen molar-refractivity contribution in [1.29, 1.82) is 0 Å². The van der Waals surface area contributed by atoms with Gasteiger partial charge in [-0.25, -0.2) is 4.98 Å². The monoisotopic (exact) mass is 310 g/mol. The van der Waals surface area contributed by atoms with Crippen LogP contribution >= 0.6 is 0 Å². The summed E-state index contributed by atoms with van der Waals surface area (Å²) in [4.78, 5) is 16.6. The molecular weight excluding hydrogens is 288 g/mol. The summed E-state index contributed by atoms with van der Waals surface area (Å²) in [7, 11) is 0. The third kappa shape index (κ3) is 4.31. The van der Waals surface area contributed by atoms with Crippen LogP contribution in [-0.4, -0.2) is 23.5 Å². The largest absolute Gasteiger partial charge is 0.474 e. The van der Waals surface area contributed by atoms with Gasteiger partial charge in [-0.3, -0.25) is 4.79 Å². The summed E-state index contributed by atoms with van der Waals surface area (Å²) in [6.45, 7) is 0.598. The fraction of sp³-hybridized carbons (Fsp3) is 0.368. The number of hydrogen-bond acceptors (Lipinski definition) is 3. The average molecular weight is 310 g/mol. The Labute approximate surface area is 136 Å². The van der Waals surface area contributed by atoms with E-state index in [0.29, 0.717) is 18.0 Å². The SMILES string of the molecule is O=C(NCCc1ccccc1)c1cccnc1OC1CCCC1. The zero-order valence-corrected chi connectivity index (χ0v) is 13.2. The van der Waals surface area contributed by atoms with E-state index in [1.165, 1.54) is 18.4 Å². The summed E-state index contributed by atoms with van der Waals surface area (Å²) in [6.07, 6.45) is 7.15. The molecule has 1 fully saturated rings. The summed E-state index contributed by atoms with van der Waals surface area (Å²) in [5.41, 5.74) is 1.73. The maximum Gasteiger partial charge on any atom is 0.256 e. The molecule has 0 bridgehead atoms. The molecule has 1 aliphatic rings. The maximum absolute atomic E-state index is 12.4. The lowest BCUT2D eigenvalue weighted by Crippen LogP contribution is -2.27. The molecule has 2 aromatic rings. The highest BCUT2D eigenvalue weighted by molar-refractivity contribution is 5.96. The van der Waals surface area contributed by atoms with Crippen LogP contribution < -0.4 is 10.1 Å². The zero-order chi connectivity index (χ0) is 15.9. The van der Waals surface area contributed by atoms with Crippen molar-refractivity contribution in [2.45, 2.75) is 38.2 Å². The number of carbonyl (C=O) groups excluding carboxylic acids is 1. The summed E-state index contributed by atoms with van der Waals surface area (Å²) >= 11 is 0. The van der Waals surface area contributed by atoms with E-state index in [9.17, 15) is 4.79 Å². The van der Waals surface area contributed by atoms with E-state index in [2.05, 4.69) is 22.4 Å². The molecular formula is C19H22N2O2. The Morgan fingerprint density at radius 2 is 1.91 bits per heavy atom. The normalized spacial score (nSPS) is 14.6. The Hall–Kier alpha value is -2.36. The molecule has 1 aromatic carbocycles. The number of nitrogens with zero attached hydrogens (tertiary/aromatic N) is 1. The van der Waals surface area contributed by atoms with Crippen molar-refractivity contribution in [1.82, 2.24) is 10.3 Å². The highest BCUT2D eigenvalue weighted by Crippen LogP contribution is 2.24. The summed E-state index contributed by atoms with van der Waals surface area (Å²) < 4.78 is 5.92. The number of hydrogen-bond donors (Lipinski definition) is 1. The lowest BCUT2D eigenvalue weighted by Gasteiger charge is -2.15. The van der Waals surface area contributed by atoms with Gasteiger partial charge in [-0.15, -0.1) is 0 Å². The second kappa shape index (κ2) is 7.77. The molecule has 0 atom stereocenters. The quantitative estimate of drug-likeness (QED) is 0.890. The fourth-order valence-electron chi connectivity index (χ4n) is 2.88. The number of nitrogens with one attached hydrogen (secondary N) is 1. The zero-order valence-electron chi connectivity index (χ0n) is 13.2. The number of carbonyl (C=O) groups is 1. The third-order valence-corrected chi connectivity index (χ3v) is 4.14. The highest BCUT2D eigenvalue weighted by atomic mass is 16.5. The average Bonchev–Trinajstić information content (AvgIpc) is 3.09. The molecule has 0 radical (unpaired) electrons. The molecule has 0 saturated heterocycles. The van der Waals surface area contributed by atoms with Gasteiger partial charge in [-0.05, 0) is 49.8 Å². The third-order valence-electron chi connectivity index (χ3n) is 4.14. The Kier molecular flexibility index (Phi) is 5.25. The van der Waals surface area contributed by atoms with Gasteiger partial charge >= 0.3 is 0 Å². The highest BCUT2D eigenvalue weighted by Gasteiger charge is 2.20. The topological polar surface area (TPSA) is 51.2 Å². The van der Waals surface area contributed by atoms with Crippen molar-refractivity contribution < 1.29 is 9.53 Å². The van der Waals surface area contributed by atoms with Gasteiger partial charge in [-0.2, -0.15) is 0 Å². The van der Waals surface area contributed by atoms with Gasteiger partial charge in [0.05, 0.1) is 0 Å². The van der Waals surface area contributed by atoms with Crippen LogP contribution in [0.2, 0.25) is 0 Å². The second-order valence-electron chi connectivity index (χ2n) is 5.87. The van der Waals surface area contributed by atoms with Gasteiger partial charge in [0.2, 0.25) is 5.88 Å². The number of pyridine rings is 1. The van der Waals surface area contributed by atoms with Crippen LogP contribution in [0.4, 0.5) is 0 Å². The van der Waals surface area contributed by atoms with E-state index in [1.807, 2.05) is 18.2 Å². The van der Waals surface area contributed by atoms with E-state index in [0.717, 1.165) is 19.3 Å². The van der Waals surface area contributed by atoms with Gasteiger partial charge in [0, 0.05) is 12.7 Å². The molecule has 23 heavy (non-hydrogen) atoms. The second-order valence-corrected chi connectivity index (χ2v) is 5.87. The number of ether oxygens (including phenoxy) is 1. The summed E-state index contributed by atoms with van der Waals surface area (Å²) in [5.74, 6) is 0.332. The predicted molar refractivity (Wildman–Crippen MR) is 89.6 cm³/mol. The minimum Gasteiger partial charge on any atom is -0.474 e. The van der Waals surface area contributed by atoms with E-state index in [4.69, 9.17) is 4.74 Å². The minimum atomic E-state index is -0.123. The first-order valence-corrected chi connectivity index (χ1v) is 8.27.